The maximum Gasteiger partial charge on any atom is 0.417 e. The minimum Gasteiger partial charge on any atom is -0.394 e. The Hall–Kier alpha value is -1.08. The third-order valence-electron chi connectivity index (χ3n) is 2.58. The van der Waals surface area contributed by atoms with E-state index in [1.807, 2.05) is 0 Å². The number of nitrogens with one attached hydrogen (secondary N) is 1. The van der Waals surface area contributed by atoms with Crippen LogP contribution in [0, 0.1) is 0 Å². The van der Waals surface area contributed by atoms with Crippen molar-refractivity contribution in [3.63, 3.8) is 0 Å². The number of amides is 1. The highest BCUT2D eigenvalue weighted by Gasteiger charge is 2.33. The van der Waals surface area contributed by atoms with Crippen LogP contribution >= 0.6 is 15.9 Å². The average molecular weight is 340 g/mol. The Morgan fingerprint density at radius 2 is 2.11 bits per heavy atom. The molecule has 1 aromatic carbocycles. The van der Waals surface area contributed by atoms with E-state index in [0.717, 1.165) is 6.07 Å². The summed E-state index contributed by atoms with van der Waals surface area (Å²) in [6.07, 6.45) is -4.04. The van der Waals surface area contributed by atoms with Gasteiger partial charge in [0.15, 0.2) is 0 Å². The van der Waals surface area contributed by atoms with E-state index in [2.05, 4.69) is 21.2 Å². The molecule has 0 heterocycles. The molecular weight excluding hydrogens is 327 g/mol. The molecule has 2 N–H and O–H groups in total. The Morgan fingerprint density at radius 3 is 2.58 bits per heavy atom. The molecule has 0 unspecified atom stereocenters. The van der Waals surface area contributed by atoms with Crippen molar-refractivity contribution in [3.8, 4) is 0 Å². The second-order valence-corrected chi connectivity index (χ2v) is 4.81. The van der Waals surface area contributed by atoms with Crippen LogP contribution in [0.2, 0.25) is 0 Å². The van der Waals surface area contributed by atoms with Crippen molar-refractivity contribution in [2.24, 2.45) is 0 Å². The van der Waals surface area contributed by atoms with Crippen LogP contribution in [0.5, 0.6) is 0 Å². The topological polar surface area (TPSA) is 49.3 Å². The Bertz CT molecular complexity index is 459. The number of alkyl halides is 3. The second kappa shape index (κ2) is 6.38. The molecule has 1 aromatic rings. The van der Waals surface area contributed by atoms with Crippen LogP contribution < -0.4 is 5.32 Å². The van der Waals surface area contributed by atoms with Crippen LogP contribution in [-0.4, -0.2) is 23.7 Å². The normalized spacial score (nSPS) is 13.2. The molecule has 0 aliphatic carbocycles. The number of aliphatic hydroxyl groups excluding tert-OH is 1. The summed E-state index contributed by atoms with van der Waals surface area (Å²) in [5, 5.41) is 11.4. The molecule has 0 aromatic heterocycles. The van der Waals surface area contributed by atoms with Crippen molar-refractivity contribution < 1.29 is 23.1 Å². The molecule has 0 spiro atoms. The smallest absolute Gasteiger partial charge is 0.394 e. The summed E-state index contributed by atoms with van der Waals surface area (Å²) in [5.41, 5.74) is -1.00. The first kappa shape index (κ1) is 16.0. The quantitative estimate of drug-likeness (QED) is 0.885. The molecule has 0 radical (unpaired) electrons. The van der Waals surface area contributed by atoms with E-state index in [-0.39, 0.29) is 16.6 Å². The first-order valence-corrected chi connectivity index (χ1v) is 6.37. The monoisotopic (exact) mass is 339 g/mol. The fraction of sp³-hybridized carbons (Fsp3) is 0.417. The maximum atomic E-state index is 12.7. The average Bonchev–Trinajstić information content (AvgIpc) is 2.34. The van der Waals surface area contributed by atoms with Crippen molar-refractivity contribution in [2.75, 3.05) is 6.61 Å². The largest absolute Gasteiger partial charge is 0.417 e. The highest BCUT2D eigenvalue weighted by atomic mass is 79.9. The Kier molecular flexibility index (Phi) is 5.37. The molecular formula is C12H13BrF3NO2. The number of hydrogen-bond donors (Lipinski definition) is 2. The van der Waals surface area contributed by atoms with E-state index in [1.54, 1.807) is 6.92 Å². The van der Waals surface area contributed by atoms with Crippen molar-refractivity contribution >= 4 is 21.8 Å². The highest BCUT2D eigenvalue weighted by Crippen LogP contribution is 2.35. The molecule has 1 rings (SSSR count). The first-order valence-electron chi connectivity index (χ1n) is 5.58. The number of aliphatic hydroxyl groups is 1. The van der Waals surface area contributed by atoms with Crippen molar-refractivity contribution in [2.45, 2.75) is 25.6 Å². The number of carbonyl (C=O) groups is 1. The molecule has 0 saturated heterocycles. The van der Waals surface area contributed by atoms with Crippen LogP contribution in [0.15, 0.2) is 22.7 Å². The fourth-order valence-corrected chi connectivity index (χ4v) is 1.90. The van der Waals surface area contributed by atoms with Crippen LogP contribution in [0.1, 0.15) is 29.3 Å². The number of benzene rings is 1. The van der Waals surface area contributed by atoms with Gasteiger partial charge >= 0.3 is 6.18 Å². The van der Waals surface area contributed by atoms with Crippen LogP contribution in [0.25, 0.3) is 0 Å². The van der Waals surface area contributed by atoms with Gasteiger partial charge in [0.1, 0.15) is 0 Å². The molecule has 0 saturated carbocycles. The van der Waals surface area contributed by atoms with E-state index >= 15 is 0 Å². The molecule has 106 valence electrons. The zero-order valence-electron chi connectivity index (χ0n) is 10.1. The van der Waals surface area contributed by atoms with E-state index in [4.69, 9.17) is 5.11 Å². The Morgan fingerprint density at radius 1 is 1.47 bits per heavy atom. The standard InChI is InChI=1S/C12H13BrF3NO2/c1-2-8(6-18)17-11(19)7-3-4-10(13)9(5-7)12(14,15)16/h3-5,8,18H,2,6H2,1H3,(H,17,19)/t8-/m0/s1. The van der Waals surface area contributed by atoms with E-state index in [0.29, 0.717) is 6.42 Å². The van der Waals surface area contributed by atoms with Gasteiger partial charge in [-0.25, -0.2) is 0 Å². The summed E-state index contributed by atoms with van der Waals surface area (Å²) >= 11 is 2.80. The second-order valence-electron chi connectivity index (χ2n) is 3.95. The molecule has 7 heteroatoms. The summed E-state index contributed by atoms with van der Waals surface area (Å²) in [7, 11) is 0. The number of hydrogen-bond acceptors (Lipinski definition) is 2. The minimum atomic E-state index is -4.53. The minimum absolute atomic E-state index is 0.0950. The van der Waals surface area contributed by atoms with Crippen molar-refractivity contribution in [1.82, 2.24) is 5.32 Å². The third kappa shape index (κ3) is 4.21. The summed E-state index contributed by atoms with van der Waals surface area (Å²) in [5.74, 6) is -0.640. The van der Waals surface area contributed by atoms with Gasteiger partial charge < -0.3 is 10.4 Å². The van der Waals surface area contributed by atoms with Gasteiger partial charge in [-0.05, 0) is 24.6 Å². The van der Waals surface area contributed by atoms with Gasteiger partial charge in [0, 0.05) is 10.0 Å². The summed E-state index contributed by atoms with van der Waals surface area (Å²) in [6, 6.07) is 2.78. The van der Waals surface area contributed by atoms with Gasteiger partial charge in [-0.2, -0.15) is 13.2 Å². The van der Waals surface area contributed by atoms with Gasteiger partial charge in [0.2, 0.25) is 0 Å². The Balaban J connectivity index is 2.99. The van der Waals surface area contributed by atoms with Gasteiger partial charge in [-0.3, -0.25) is 4.79 Å². The predicted octanol–water partition coefficient (Wildman–Crippen LogP) is 2.97. The van der Waals surface area contributed by atoms with E-state index in [1.165, 1.54) is 12.1 Å². The molecule has 1 amide bonds. The SMILES string of the molecule is CC[C@@H](CO)NC(=O)c1ccc(Br)c(C(F)(F)F)c1. The number of halogens is 4. The summed E-state index contributed by atoms with van der Waals surface area (Å²) in [6.45, 7) is 1.49. The molecule has 19 heavy (non-hydrogen) atoms. The molecule has 0 fully saturated rings. The van der Waals surface area contributed by atoms with Crippen LogP contribution in [0.3, 0.4) is 0 Å². The first-order chi connectivity index (χ1) is 8.79. The molecule has 0 bridgehead atoms. The van der Waals surface area contributed by atoms with Crippen molar-refractivity contribution in [1.29, 1.82) is 0 Å². The van der Waals surface area contributed by atoms with Gasteiger partial charge in [-0.15, -0.1) is 0 Å². The molecule has 3 nitrogen and oxygen atoms in total. The lowest BCUT2D eigenvalue weighted by atomic mass is 10.1. The predicted molar refractivity (Wildman–Crippen MR) is 67.8 cm³/mol. The van der Waals surface area contributed by atoms with Gasteiger partial charge in [0.05, 0.1) is 18.2 Å². The highest BCUT2D eigenvalue weighted by molar-refractivity contribution is 9.10. The number of rotatable bonds is 4. The van der Waals surface area contributed by atoms with Gasteiger partial charge in [-0.1, -0.05) is 22.9 Å². The third-order valence-corrected chi connectivity index (χ3v) is 3.27. The lowest BCUT2D eigenvalue weighted by molar-refractivity contribution is -0.138. The van der Waals surface area contributed by atoms with Crippen molar-refractivity contribution in [3.05, 3.63) is 33.8 Å². The van der Waals surface area contributed by atoms with Gasteiger partial charge in [0.25, 0.3) is 5.91 Å². The zero-order chi connectivity index (χ0) is 14.6. The molecule has 0 aliphatic rings. The van der Waals surface area contributed by atoms with E-state index in [9.17, 15) is 18.0 Å². The maximum absolute atomic E-state index is 12.7. The molecule has 1 atom stereocenters. The number of carbonyl (C=O) groups excluding carboxylic acids is 1. The lowest BCUT2D eigenvalue weighted by Crippen LogP contribution is -2.37. The fourth-order valence-electron chi connectivity index (χ4n) is 1.43. The lowest BCUT2D eigenvalue weighted by Gasteiger charge is -2.15. The summed E-state index contributed by atoms with van der Waals surface area (Å²) < 4.78 is 37.9. The zero-order valence-corrected chi connectivity index (χ0v) is 11.7. The van der Waals surface area contributed by atoms with Crippen LogP contribution in [-0.2, 0) is 6.18 Å². The summed E-state index contributed by atoms with van der Waals surface area (Å²) in [4.78, 5) is 11.8. The van der Waals surface area contributed by atoms with E-state index < -0.39 is 23.7 Å². The molecule has 0 aliphatic heterocycles. The Labute approximate surface area is 116 Å². The van der Waals surface area contributed by atoms with Crippen LogP contribution in [0.4, 0.5) is 13.2 Å².